The summed E-state index contributed by atoms with van der Waals surface area (Å²) < 4.78 is 0. The highest BCUT2D eigenvalue weighted by atomic mass is 16.4. The maximum Gasteiger partial charge on any atom is 0.312 e. The third-order valence-electron chi connectivity index (χ3n) is 5.83. The molecule has 3 rings (SSSR count). The first-order valence-electron chi connectivity index (χ1n) is 9.23. The topological polar surface area (TPSA) is 83.5 Å². The second-order valence-electron chi connectivity index (χ2n) is 7.50. The second-order valence-corrected chi connectivity index (χ2v) is 7.50. The number of aliphatic hydroxyl groups is 1. The number of hydrogen-bond donors (Lipinski definition) is 3. The zero-order chi connectivity index (χ0) is 18.6. The van der Waals surface area contributed by atoms with Crippen molar-refractivity contribution in [1.82, 2.24) is 0 Å². The summed E-state index contributed by atoms with van der Waals surface area (Å²) in [7, 11) is 0. The molecule has 1 atom stereocenters. The van der Waals surface area contributed by atoms with Crippen LogP contribution in [-0.4, -0.2) is 28.3 Å². The summed E-state index contributed by atoms with van der Waals surface area (Å²) in [4.78, 5) is 12.7. The molecule has 138 valence electrons. The van der Waals surface area contributed by atoms with Gasteiger partial charge in [0.2, 0.25) is 0 Å². The van der Waals surface area contributed by atoms with Crippen molar-refractivity contribution in [2.75, 3.05) is 6.61 Å². The largest absolute Gasteiger partial charge is 0.481 e. The fourth-order valence-electron chi connectivity index (χ4n) is 4.25. The molecule has 0 amide bonds. The number of carboxylic acids is 1. The van der Waals surface area contributed by atoms with Gasteiger partial charge in [-0.3, -0.25) is 4.79 Å². The number of benzene rings is 2. The molecule has 0 heterocycles. The van der Waals surface area contributed by atoms with Crippen molar-refractivity contribution in [3.8, 4) is 0 Å². The SMILES string of the molecule is NC(CCO)(C1CC1)C(Cc1ccccc1)(Cc1ccccc1)C(=O)O. The Morgan fingerprint density at radius 3 is 1.77 bits per heavy atom. The highest BCUT2D eigenvalue weighted by Gasteiger charge is 2.60. The maximum absolute atomic E-state index is 12.7. The van der Waals surface area contributed by atoms with Gasteiger partial charge in [0.1, 0.15) is 0 Å². The molecule has 2 aromatic rings. The van der Waals surface area contributed by atoms with Crippen LogP contribution in [0.1, 0.15) is 30.4 Å². The summed E-state index contributed by atoms with van der Waals surface area (Å²) in [6.07, 6.45) is 2.85. The average molecular weight is 353 g/mol. The van der Waals surface area contributed by atoms with Crippen LogP contribution in [0.5, 0.6) is 0 Å². The second kappa shape index (κ2) is 7.60. The molecule has 4 heteroatoms. The third kappa shape index (κ3) is 3.53. The van der Waals surface area contributed by atoms with Crippen molar-refractivity contribution < 1.29 is 15.0 Å². The van der Waals surface area contributed by atoms with Crippen molar-refractivity contribution >= 4 is 5.97 Å². The number of carboxylic acid groups (broad SMARTS) is 1. The van der Waals surface area contributed by atoms with Gasteiger partial charge in [-0.05, 0) is 49.1 Å². The summed E-state index contributed by atoms with van der Waals surface area (Å²) in [6, 6.07) is 19.4. The monoisotopic (exact) mass is 353 g/mol. The Hall–Kier alpha value is -2.17. The summed E-state index contributed by atoms with van der Waals surface area (Å²) in [6.45, 7) is -0.106. The number of nitrogens with two attached hydrogens (primary N) is 1. The molecular weight excluding hydrogens is 326 g/mol. The molecule has 0 spiro atoms. The van der Waals surface area contributed by atoms with E-state index in [2.05, 4.69) is 0 Å². The van der Waals surface area contributed by atoms with Gasteiger partial charge < -0.3 is 15.9 Å². The lowest BCUT2D eigenvalue weighted by Crippen LogP contribution is -2.63. The molecule has 1 fully saturated rings. The smallest absolute Gasteiger partial charge is 0.312 e. The van der Waals surface area contributed by atoms with E-state index in [4.69, 9.17) is 5.73 Å². The molecule has 4 nitrogen and oxygen atoms in total. The molecule has 2 aromatic carbocycles. The van der Waals surface area contributed by atoms with Gasteiger partial charge in [0, 0.05) is 12.1 Å². The third-order valence-corrected chi connectivity index (χ3v) is 5.83. The van der Waals surface area contributed by atoms with Crippen LogP contribution in [0.3, 0.4) is 0 Å². The average Bonchev–Trinajstić information content (AvgIpc) is 3.48. The zero-order valence-corrected chi connectivity index (χ0v) is 15.0. The lowest BCUT2D eigenvalue weighted by atomic mass is 9.60. The lowest BCUT2D eigenvalue weighted by molar-refractivity contribution is -0.155. The van der Waals surface area contributed by atoms with Crippen LogP contribution >= 0.6 is 0 Å². The molecule has 1 aliphatic carbocycles. The summed E-state index contributed by atoms with van der Waals surface area (Å²) in [5.74, 6) is -0.744. The van der Waals surface area contributed by atoms with Gasteiger partial charge in [0.05, 0.1) is 5.41 Å². The summed E-state index contributed by atoms with van der Waals surface area (Å²) in [5.41, 5.74) is 6.65. The molecule has 26 heavy (non-hydrogen) atoms. The van der Waals surface area contributed by atoms with Crippen molar-refractivity contribution in [1.29, 1.82) is 0 Å². The van der Waals surface area contributed by atoms with Crippen molar-refractivity contribution in [2.24, 2.45) is 17.1 Å². The van der Waals surface area contributed by atoms with E-state index >= 15 is 0 Å². The first-order chi connectivity index (χ1) is 12.5. The normalized spacial score (nSPS) is 16.8. The van der Waals surface area contributed by atoms with Crippen molar-refractivity contribution in [3.05, 3.63) is 71.8 Å². The minimum Gasteiger partial charge on any atom is -0.481 e. The van der Waals surface area contributed by atoms with Gasteiger partial charge in [-0.1, -0.05) is 60.7 Å². The van der Waals surface area contributed by atoms with E-state index in [1.807, 2.05) is 60.7 Å². The van der Waals surface area contributed by atoms with Crippen LogP contribution < -0.4 is 5.73 Å². The van der Waals surface area contributed by atoms with E-state index in [1.165, 1.54) is 0 Å². The number of rotatable bonds is 9. The van der Waals surface area contributed by atoms with Gasteiger partial charge >= 0.3 is 5.97 Å². The molecule has 1 aliphatic rings. The van der Waals surface area contributed by atoms with Gasteiger partial charge in [0.15, 0.2) is 0 Å². The minimum atomic E-state index is -1.17. The van der Waals surface area contributed by atoms with Crippen LogP contribution in [0.4, 0.5) is 0 Å². The highest BCUT2D eigenvalue weighted by molar-refractivity contribution is 5.78. The fraction of sp³-hybridized carbons (Fsp3) is 0.409. The molecule has 0 saturated heterocycles. The molecule has 0 bridgehead atoms. The molecule has 1 unspecified atom stereocenters. The van der Waals surface area contributed by atoms with Crippen LogP contribution in [0, 0.1) is 11.3 Å². The van der Waals surface area contributed by atoms with E-state index in [0.29, 0.717) is 19.3 Å². The van der Waals surface area contributed by atoms with Gasteiger partial charge in [-0.15, -0.1) is 0 Å². The molecule has 0 radical (unpaired) electrons. The maximum atomic E-state index is 12.7. The van der Waals surface area contributed by atoms with E-state index in [1.54, 1.807) is 0 Å². The van der Waals surface area contributed by atoms with Crippen LogP contribution in [0.15, 0.2) is 60.7 Å². The van der Waals surface area contributed by atoms with Crippen molar-refractivity contribution in [3.63, 3.8) is 0 Å². The number of hydrogen-bond acceptors (Lipinski definition) is 3. The lowest BCUT2D eigenvalue weighted by Gasteiger charge is -2.46. The van der Waals surface area contributed by atoms with Gasteiger partial charge in [0.25, 0.3) is 0 Å². The Morgan fingerprint density at radius 2 is 1.42 bits per heavy atom. The number of aliphatic hydroxyl groups excluding tert-OH is 1. The summed E-state index contributed by atoms with van der Waals surface area (Å²) in [5, 5.41) is 20.1. The van der Waals surface area contributed by atoms with Gasteiger partial charge in [-0.25, -0.2) is 0 Å². The molecule has 1 saturated carbocycles. The molecule has 4 N–H and O–H groups in total. The standard InChI is InChI=1S/C22H27NO3/c23-22(13-14-24,19-11-12-19)21(20(25)26,15-17-7-3-1-4-8-17)16-18-9-5-2-6-10-18/h1-10,19,24H,11-16,23H2,(H,25,26). The first kappa shape index (κ1) is 18.6. The van der Waals surface area contributed by atoms with E-state index in [-0.39, 0.29) is 12.5 Å². The Labute approximate surface area is 154 Å². The Bertz CT molecular complexity index is 686. The Morgan fingerprint density at radius 1 is 0.962 bits per heavy atom. The summed E-state index contributed by atoms with van der Waals surface area (Å²) >= 11 is 0. The van der Waals surface area contributed by atoms with Gasteiger partial charge in [-0.2, -0.15) is 0 Å². The Balaban J connectivity index is 2.09. The molecule has 0 aromatic heterocycles. The van der Waals surface area contributed by atoms with E-state index < -0.39 is 16.9 Å². The van der Waals surface area contributed by atoms with E-state index in [0.717, 1.165) is 24.0 Å². The predicted octanol–water partition coefficient (Wildman–Crippen LogP) is 3.03. The number of carbonyl (C=O) groups is 1. The first-order valence-corrected chi connectivity index (χ1v) is 9.23. The van der Waals surface area contributed by atoms with Crippen LogP contribution in [0.25, 0.3) is 0 Å². The molecule has 0 aliphatic heterocycles. The highest BCUT2D eigenvalue weighted by Crippen LogP contribution is 2.52. The quantitative estimate of drug-likeness (QED) is 0.647. The molecular formula is C22H27NO3. The van der Waals surface area contributed by atoms with Crippen LogP contribution in [0.2, 0.25) is 0 Å². The fourth-order valence-corrected chi connectivity index (χ4v) is 4.25. The minimum absolute atomic E-state index is 0.106. The zero-order valence-electron chi connectivity index (χ0n) is 15.0. The predicted molar refractivity (Wildman–Crippen MR) is 102 cm³/mol. The van der Waals surface area contributed by atoms with Crippen molar-refractivity contribution in [2.45, 2.75) is 37.6 Å². The van der Waals surface area contributed by atoms with Crippen LogP contribution in [-0.2, 0) is 17.6 Å². The van der Waals surface area contributed by atoms with E-state index in [9.17, 15) is 15.0 Å². The Kier molecular flexibility index (Phi) is 5.44. The number of aliphatic carboxylic acids is 1.